The van der Waals surface area contributed by atoms with Crippen molar-refractivity contribution < 1.29 is 13.2 Å². The summed E-state index contributed by atoms with van der Waals surface area (Å²) in [4.78, 5) is 11.9. The van der Waals surface area contributed by atoms with Gasteiger partial charge in [-0.3, -0.25) is 4.79 Å². The van der Waals surface area contributed by atoms with Crippen molar-refractivity contribution in [1.29, 1.82) is 0 Å². The Balaban J connectivity index is 2.19. The summed E-state index contributed by atoms with van der Waals surface area (Å²) in [7, 11) is -3.76. The van der Waals surface area contributed by atoms with Crippen LogP contribution < -0.4 is 10.5 Å². The second-order valence-corrected chi connectivity index (χ2v) is 7.28. The number of thiophene rings is 1. The van der Waals surface area contributed by atoms with E-state index < -0.39 is 10.0 Å². The van der Waals surface area contributed by atoms with Gasteiger partial charge in [0.25, 0.3) is 5.91 Å². The summed E-state index contributed by atoms with van der Waals surface area (Å²) in [5.74, 6) is -0.385. The number of hydrogen-bond acceptors (Lipinski definition) is 4. The van der Waals surface area contributed by atoms with E-state index in [-0.39, 0.29) is 15.7 Å². The van der Waals surface area contributed by atoms with Gasteiger partial charge in [-0.25, -0.2) is 13.6 Å². The molecule has 0 radical (unpaired) electrons. The van der Waals surface area contributed by atoms with E-state index in [0.717, 1.165) is 15.8 Å². The quantitative estimate of drug-likeness (QED) is 0.880. The summed E-state index contributed by atoms with van der Waals surface area (Å²) in [6.07, 6.45) is 0. The van der Waals surface area contributed by atoms with E-state index in [0.29, 0.717) is 5.69 Å². The van der Waals surface area contributed by atoms with E-state index in [1.54, 1.807) is 18.2 Å². The van der Waals surface area contributed by atoms with Gasteiger partial charge in [-0.05, 0) is 24.3 Å². The van der Waals surface area contributed by atoms with E-state index in [1.807, 2.05) is 6.07 Å². The molecule has 0 fully saturated rings. The lowest BCUT2D eigenvalue weighted by Crippen LogP contribution is -2.12. The van der Waals surface area contributed by atoms with Crippen LogP contribution >= 0.6 is 27.3 Å². The largest absolute Gasteiger partial charge is 0.322 e. The van der Waals surface area contributed by atoms with Crippen LogP contribution in [0.25, 0.3) is 0 Å². The Labute approximate surface area is 122 Å². The molecule has 1 heterocycles. The maximum absolute atomic E-state index is 11.9. The fraction of sp³-hybridized carbons (Fsp3) is 0. The fourth-order valence-corrected chi connectivity index (χ4v) is 3.34. The minimum Gasteiger partial charge on any atom is -0.322 e. The highest BCUT2D eigenvalue weighted by atomic mass is 79.9. The van der Waals surface area contributed by atoms with Crippen molar-refractivity contribution in [3.05, 3.63) is 45.7 Å². The summed E-state index contributed by atoms with van der Waals surface area (Å²) < 4.78 is 23.0. The highest BCUT2D eigenvalue weighted by Crippen LogP contribution is 2.21. The molecule has 1 aromatic carbocycles. The zero-order valence-electron chi connectivity index (χ0n) is 9.46. The summed E-state index contributed by atoms with van der Waals surface area (Å²) in [5, 5.41) is 9.10. The van der Waals surface area contributed by atoms with Gasteiger partial charge in [0.05, 0.1) is 5.56 Å². The second kappa shape index (κ2) is 5.41. The third kappa shape index (κ3) is 3.63. The summed E-state index contributed by atoms with van der Waals surface area (Å²) in [6.45, 7) is 0. The first-order valence-electron chi connectivity index (χ1n) is 5.04. The number of carbonyl (C=O) groups is 1. The van der Waals surface area contributed by atoms with Crippen LogP contribution in [0.15, 0.2) is 44.4 Å². The van der Waals surface area contributed by atoms with Crippen molar-refractivity contribution in [2.75, 3.05) is 5.32 Å². The molecule has 0 spiro atoms. The van der Waals surface area contributed by atoms with E-state index in [4.69, 9.17) is 5.14 Å². The molecule has 0 aliphatic rings. The Kier molecular flexibility index (Phi) is 4.04. The van der Waals surface area contributed by atoms with Crippen molar-refractivity contribution in [3.63, 3.8) is 0 Å². The van der Waals surface area contributed by atoms with Gasteiger partial charge < -0.3 is 5.32 Å². The number of primary sulfonamides is 1. The molecule has 1 amide bonds. The number of nitrogens with one attached hydrogen (secondary N) is 1. The Hall–Kier alpha value is -1.22. The molecule has 2 rings (SSSR count). The van der Waals surface area contributed by atoms with E-state index in [9.17, 15) is 13.2 Å². The number of anilines is 1. The Morgan fingerprint density at radius 2 is 2.05 bits per heavy atom. The Morgan fingerprint density at radius 1 is 1.32 bits per heavy atom. The molecule has 0 aliphatic carbocycles. The van der Waals surface area contributed by atoms with Gasteiger partial charge in [0.2, 0.25) is 10.0 Å². The molecule has 0 saturated carbocycles. The third-order valence-electron chi connectivity index (χ3n) is 2.20. The normalized spacial score (nSPS) is 11.3. The molecule has 0 bridgehead atoms. The van der Waals surface area contributed by atoms with Crippen LogP contribution in [0.4, 0.5) is 5.69 Å². The van der Waals surface area contributed by atoms with Crippen LogP contribution in [-0.2, 0) is 10.0 Å². The van der Waals surface area contributed by atoms with Gasteiger partial charge in [-0.2, -0.15) is 0 Å². The molecule has 0 atom stereocenters. The summed E-state index contributed by atoms with van der Waals surface area (Å²) in [6, 6.07) is 8.34. The van der Waals surface area contributed by atoms with Crippen molar-refractivity contribution >= 4 is 48.9 Å². The lowest BCUT2D eigenvalue weighted by Gasteiger charge is -2.03. The van der Waals surface area contributed by atoms with E-state index >= 15 is 0 Å². The van der Waals surface area contributed by atoms with Crippen LogP contribution in [0.1, 0.15) is 10.4 Å². The maximum Gasteiger partial charge on any atom is 0.256 e. The number of halogens is 1. The van der Waals surface area contributed by atoms with Gasteiger partial charge in [0.15, 0.2) is 0 Å². The lowest BCUT2D eigenvalue weighted by molar-refractivity contribution is 0.102. The molecular weight excluding hydrogens is 352 g/mol. The molecule has 0 aliphatic heterocycles. The molecule has 5 nitrogen and oxygen atoms in total. The molecule has 100 valence electrons. The van der Waals surface area contributed by atoms with E-state index in [2.05, 4.69) is 21.2 Å². The number of hydrogen-bond donors (Lipinski definition) is 2. The topological polar surface area (TPSA) is 89.3 Å². The lowest BCUT2D eigenvalue weighted by atomic mass is 10.3. The van der Waals surface area contributed by atoms with Crippen molar-refractivity contribution in [1.82, 2.24) is 0 Å². The minimum atomic E-state index is -3.76. The summed E-state index contributed by atoms with van der Waals surface area (Å²) >= 11 is 4.21. The van der Waals surface area contributed by atoms with Crippen LogP contribution in [0, 0.1) is 0 Å². The van der Waals surface area contributed by atoms with Gasteiger partial charge in [-0.1, -0.05) is 22.0 Å². The number of nitrogens with two attached hydrogens (primary N) is 1. The third-order valence-corrected chi connectivity index (χ3v) is 5.08. The molecule has 2 aromatic rings. The van der Waals surface area contributed by atoms with Crippen molar-refractivity contribution in [2.45, 2.75) is 4.21 Å². The number of rotatable bonds is 3. The molecule has 0 unspecified atom stereocenters. The second-order valence-electron chi connectivity index (χ2n) is 3.66. The van der Waals surface area contributed by atoms with Gasteiger partial charge in [0.1, 0.15) is 4.21 Å². The van der Waals surface area contributed by atoms with Crippen molar-refractivity contribution in [2.24, 2.45) is 5.14 Å². The van der Waals surface area contributed by atoms with Crippen LogP contribution in [0.2, 0.25) is 0 Å². The zero-order valence-corrected chi connectivity index (χ0v) is 12.7. The first kappa shape index (κ1) is 14.2. The average Bonchev–Trinajstić information content (AvgIpc) is 2.77. The molecule has 0 saturated heterocycles. The number of benzene rings is 1. The molecule has 1 aromatic heterocycles. The Morgan fingerprint density at radius 3 is 2.63 bits per heavy atom. The first-order chi connectivity index (χ1) is 8.86. The molecule has 3 N–H and O–H groups in total. The first-order valence-corrected chi connectivity index (χ1v) is 8.26. The minimum absolute atomic E-state index is 0.0353. The summed E-state index contributed by atoms with van der Waals surface area (Å²) in [5.41, 5.74) is 0.872. The number of amides is 1. The highest BCUT2D eigenvalue weighted by Gasteiger charge is 2.15. The van der Waals surface area contributed by atoms with E-state index in [1.165, 1.54) is 11.4 Å². The molecular formula is C11H9BrN2O3S2. The zero-order chi connectivity index (χ0) is 14.0. The number of carbonyl (C=O) groups excluding carboxylic acids is 1. The Bertz CT molecular complexity index is 725. The number of sulfonamides is 1. The molecule has 8 heteroatoms. The van der Waals surface area contributed by atoms with Crippen LogP contribution in [0.3, 0.4) is 0 Å². The van der Waals surface area contributed by atoms with Crippen LogP contribution in [0.5, 0.6) is 0 Å². The van der Waals surface area contributed by atoms with Crippen molar-refractivity contribution in [3.8, 4) is 0 Å². The standard InChI is InChI=1S/C11H9BrN2O3S2/c12-8-2-1-3-9(5-8)14-11(15)7-4-10(18-6-7)19(13,16)17/h1-6H,(H,14,15)(H2,13,16,17). The highest BCUT2D eigenvalue weighted by molar-refractivity contribution is 9.10. The van der Waals surface area contributed by atoms with Crippen LogP contribution in [-0.4, -0.2) is 14.3 Å². The predicted octanol–water partition coefficient (Wildman–Crippen LogP) is 2.41. The molecule has 19 heavy (non-hydrogen) atoms. The van der Waals surface area contributed by atoms with Gasteiger partial charge >= 0.3 is 0 Å². The predicted molar refractivity (Wildman–Crippen MR) is 77.8 cm³/mol. The smallest absolute Gasteiger partial charge is 0.256 e. The fourth-order valence-electron chi connectivity index (χ4n) is 1.35. The monoisotopic (exact) mass is 360 g/mol. The maximum atomic E-state index is 11.9. The van der Waals surface area contributed by atoms with Gasteiger partial charge in [-0.15, -0.1) is 11.3 Å². The average molecular weight is 361 g/mol. The van der Waals surface area contributed by atoms with Gasteiger partial charge in [0, 0.05) is 15.5 Å². The SMILES string of the molecule is NS(=O)(=O)c1cc(C(=O)Nc2cccc(Br)c2)cs1.